The normalized spacial score (nSPS) is 17.0. The molecule has 1 saturated carbocycles. The molecule has 1 aromatic heterocycles. The second-order valence-corrected chi connectivity index (χ2v) is 6.36. The molecule has 4 N–H and O–H groups in total. The summed E-state index contributed by atoms with van der Waals surface area (Å²) < 4.78 is 0. The summed E-state index contributed by atoms with van der Waals surface area (Å²) in [6.45, 7) is 0. The first-order chi connectivity index (χ1) is 11.1. The first-order valence-electron chi connectivity index (χ1n) is 8.30. The second-order valence-electron chi connectivity index (χ2n) is 6.36. The van der Waals surface area contributed by atoms with Crippen molar-refractivity contribution in [2.24, 2.45) is 11.7 Å². The van der Waals surface area contributed by atoms with Crippen molar-refractivity contribution in [3.05, 3.63) is 36.0 Å². The van der Waals surface area contributed by atoms with E-state index in [2.05, 4.69) is 10.3 Å². The van der Waals surface area contributed by atoms with E-state index in [1.54, 1.807) is 0 Å². The van der Waals surface area contributed by atoms with Crippen LogP contribution in [0, 0.1) is 5.92 Å². The third-order valence-electron chi connectivity index (χ3n) is 4.73. The van der Waals surface area contributed by atoms with Crippen LogP contribution in [0.2, 0.25) is 0 Å². The molecule has 1 aliphatic carbocycles. The van der Waals surface area contributed by atoms with Crippen LogP contribution in [0.15, 0.2) is 30.5 Å². The molecule has 23 heavy (non-hydrogen) atoms. The summed E-state index contributed by atoms with van der Waals surface area (Å²) in [7, 11) is 0. The van der Waals surface area contributed by atoms with E-state index >= 15 is 0 Å². The number of hydrogen-bond donors (Lipinski definition) is 3. The predicted molar refractivity (Wildman–Crippen MR) is 89.7 cm³/mol. The Hall–Kier alpha value is -2.30. The third kappa shape index (κ3) is 3.55. The second kappa shape index (κ2) is 6.86. The molecule has 122 valence electrons. The van der Waals surface area contributed by atoms with E-state index in [1.165, 1.54) is 6.42 Å². The molecule has 5 heteroatoms. The van der Waals surface area contributed by atoms with E-state index in [-0.39, 0.29) is 11.8 Å². The minimum atomic E-state index is -0.663. The largest absolute Gasteiger partial charge is 0.368 e. The Kier molecular flexibility index (Phi) is 4.65. The van der Waals surface area contributed by atoms with Crippen molar-refractivity contribution in [1.82, 2.24) is 10.3 Å². The van der Waals surface area contributed by atoms with Gasteiger partial charge in [0.1, 0.15) is 6.04 Å². The van der Waals surface area contributed by atoms with Gasteiger partial charge in [-0.2, -0.15) is 0 Å². The smallest absolute Gasteiger partial charge is 0.240 e. The van der Waals surface area contributed by atoms with Crippen LogP contribution in [0.5, 0.6) is 0 Å². The number of para-hydroxylation sites is 1. The Morgan fingerprint density at radius 3 is 2.70 bits per heavy atom. The molecule has 1 aromatic carbocycles. The maximum absolute atomic E-state index is 12.4. The van der Waals surface area contributed by atoms with E-state index < -0.39 is 11.9 Å². The topological polar surface area (TPSA) is 88.0 Å². The molecule has 1 atom stereocenters. The lowest BCUT2D eigenvalue weighted by atomic mass is 9.88. The SMILES string of the molecule is NC(=O)[C@@H](Cc1c[nH]c2ccccc12)NC(=O)C1CCCCC1. The van der Waals surface area contributed by atoms with Crippen LogP contribution < -0.4 is 11.1 Å². The number of primary amides is 1. The zero-order valence-corrected chi connectivity index (χ0v) is 13.2. The Labute approximate surface area is 135 Å². The average molecular weight is 313 g/mol. The molecule has 0 bridgehead atoms. The van der Waals surface area contributed by atoms with Crippen molar-refractivity contribution in [3.8, 4) is 0 Å². The molecule has 0 radical (unpaired) electrons. The zero-order valence-electron chi connectivity index (χ0n) is 13.2. The molecule has 0 spiro atoms. The Morgan fingerprint density at radius 2 is 1.96 bits per heavy atom. The maximum atomic E-state index is 12.4. The van der Waals surface area contributed by atoms with E-state index in [4.69, 9.17) is 5.73 Å². The van der Waals surface area contributed by atoms with Gasteiger partial charge in [0.2, 0.25) is 11.8 Å². The number of fused-ring (bicyclic) bond motifs is 1. The fourth-order valence-electron chi connectivity index (χ4n) is 3.40. The molecule has 0 aliphatic heterocycles. The van der Waals surface area contributed by atoms with E-state index in [0.717, 1.165) is 42.1 Å². The van der Waals surface area contributed by atoms with Crippen molar-refractivity contribution in [1.29, 1.82) is 0 Å². The molecule has 2 amide bonds. The molecule has 0 saturated heterocycles. The van der Waals surface area contributed by atoms with Crippen molar-refractivity contribution >= 4 is 22.7 Å². The zero-order chi connectivity index (χ0) is 16.2. The van der Waals surface area contributed by atoms with Gasteiger partial charge in [0, 0.05) is 29.4 Å². The summed E-state index contributed by atoms with van der Waals surface area (Å²) in [5.74, 6) is -0.499. The van der Waals surface area contributed by atoms with Crippen LogP contribution in [0.4, 0.5) is 0 Å². The van der Waals surface area contributed by atoms with Gasteiger partial charge in [0.05, 0.1) is 0 Å². The van der Waals surface area contributed by atoms with Crippen LogP contribution in [0.3, 0.4) is 0 Å². The molecular formula is C18H23N3O2. The minimum absolute atomic E-state index is 0.0218. The Morgan fingerprint density at radius 1 is 1.22 bits per heavy atom. The Bertz CT molecular complexity index is 701. The molecule has 1 heterocycles. The van der Waals surface area contributed by atoms with Crippen LogP contribution >= 0.6 is 0 Å². The number of benzene rings is 1. The lowest BCUT2D eigenvalue weighted by Gasteiger charge is -2.23. The van der Waals surface area contributed by atoms with Crippen molar-refractivity contribution in [3.63, 3.8) is 0 Å². The Balaban J connectivity index is 1.71. The van der Waals surface area contributed by atoms with Crippen LogP contribution in [-0.2, 0) is 16.0 Å². The van der Waals surface area contributed by atoms with Crippen molar-refractivity contribution < 1.29 is 9.59 Å². The van der Waals surface area contributed by atoms with Gasteiger partial charge in [-0.3, -0.25) is 9.59 Å². The van der Waals surface area contributed by atoms with Crippen molar-refractivity contribution in [2.45, 2.75) is 44.6 Å². The summed E-state index contributed by atoms with van der Waals surface area (Å²) in [6, 6.07) is 7.24. The number of amides is 2. The number of nitrogens with two attached hydrogens (primary N) is 1. The summed E-state index contributed by atoms with van der Waals surface area (Å²) in [5.41, 5.74) is 7.52. The van der Waals surface area contributed by atoms with Gasteiger partial charge in [-0.05, 0) is 24.5 Å². The highest BCUT2D eigenvalue weighted by molar-refractivity contribution is 5.89. The molecular weight excluding hydrogens is 290 g/mol. The third-order valence-corrected chi connectivity index (χ3v) is 4.73. The average Bonchev–Trinajstić information content (AvgIpc) is 2.98. The number of nitrogens with one attached hydrogen (secondary N) is 2. The fourth-order valence-corrected chi connectivity index (χ4v) is 3.40. The van der Waals surface area contributed by atoms with Crippen LogP contribution in [-0.4, -0.2) is 22.8 Å². The lowest BCUT2D eigenvalue weighted by Crippen LogP contribution is -2.48. The van der Waals surface area contributed by atoms with Gasteiger partial charge in [-0.1, -0.05) is 37.5 Å². The minimum Gasteiger partial charge on any atom is -0.368 e. The highest BCUT2D eigenvalue weighted by atomic mass is 16.2. The van der Waals surface area contributed by atoms with E-state index in [9.17, 15) is 9.59 Å². The first kappa shape index (κ1) is 15.6. The quantitative estimate of drug-likeness (QED) is 0.790. The number of H-pyrrole nitrogens is 1. The van der Waals surface area contributed by atoms with Gasteiger partial charge < -0.3 is 16.0 Å². The highest BCUT2D eigenvalue weighted by Gasteiger charge is 2.26. The van der Waals surface area contributed by atoms with Gasteiger partial charge in [-0.15, -0.1) is 0 Å². The van der Waals surface area contributed by atoms with E-state index in [1.807, 2.05) is 30.5 Å². The van der Waals surface area contributed by atoms with Gasteiger partial charge in [0.15, 0.2) is 0 Å². The van der Waals surface area contributed by atoms with Gasteiger partial charge in [0.25, 0.3) is 0 Å². The molecule has 5 nitrogen and oxygen atoms in total. The highest BCUT2D eigenvalue weighted by Crippen LogP contribution is 2.24. The predicted octanol–water partition coefficient (Wildman–Crippen LogP) is 2.26. The standard InChI is InChI=1S/C18H23N3O2/c19-17(22)16(21-18(23)12-6-2-1-3-7-12)10-13-11-20-15-9-5-4-8-14(13)15/h4-5,8-9,11-12,16,20H,1-3,6-7,10H2,(H2,19,22)(H,21,23)/t16-/m1/s1. The number of rotatable bonds is 5. The number of aromatic amines is 1. The molecule has 2 aromatic rings. The molecule has 1 fully saturated rings. The fraction of sp³-hybridized carbons (Fsp3) is 0.444. The maximum Gasteiger partial charge on any atom is 0.240 e. The summed E-state index contributed by atoms with van der Waals surface area (Å²) in [6.07, 6.45) is 7.47. The van der Waals surface area contributed by atoms with Crippen LogP contribution in [0.25, 0.3) is 10.9 Å². The number of carbonyl (C=O) groups is 2. The molecule has 1 aliphatic rings. The summed E-state index contributed by atoms with van der Waals surface area (Å²) in [5, 5.41) is 3.92. The van der Waals surface area contributed by atoms with Gasteiger partial charge in [-0.25, -0.2) is 0 Å². The summed E-state index contributed by atoms with van der Waals surface area (Å²) in [4.78, 5) is 27.3. The number of carbonyl (C=O) groups excluding carboxylic acids is 2. The lowest BCUT2D eigenvalue weighted by molar-refractivity contribution is -0.130. The van der Waals surface area contributed by atoms with Crippen LogP contribution in [0.1, 0.15) is 37.7 Å². The summed E-state index contributed by atoms with van der Waals surface area (Å²) >= 11 is 0. The van der Waals surface area contributed by atoms with Crippen molar-refractivity contribution in [2.75, 3.05) is 0 Å². The number of hydrogen-bond acceptors (Lipinski definition) is 2. The molecule has 3 rings (SSSR count). The first-order valence-corrected chi connectivity index (χ1v) is 8.30. The number of aromatic nitrogens is 1. The van der Waals surface area contributed by atoms with Gasteiger partial charge >= 0.3 is 0 Å². The van der Waals surface area contributed by atoms with E-state index in [0.29, 0.717) is 6.42 Å². The monoisotopic (exact) mass is 313 g/mol. The molecule has 0 unspecified atom stereocenters.